The van der Waals surface area contributed by atoms with Crippen molar-refractivity contribution < 1.29 is 14.6 Å². The van der Waals surface area contributed by atoms with E-state index in [0.29, 0.717) is 18.6 Å². The summed E-state index contributed by atoms with van der Waals surface area (Å²) in [7, 11) is 0. The summed E-state index contributed by atoms with van der Waals surface area (Å²) < 4.78 is 5.75. The number of amides is 1. The van der Waals surface area contributed by atoms with E-state index in [4.69, 9.17) is 4.74 Å². The van der Waals surface area contributed by atoms with Gasteiger partial charge in [0.25, 0.3) is 0 Å². The van der Waals surface area contributed by atoms with E-state index in [1.54, 1.807) is 0 Å². The molecule has 1 saturated carbocycles. The first-order chi connectivity index (χ1) is 9.78. The van der Waals surface area contributed by atoms with Gasteiger partial charge in [-0.1, -0.05) is 32.1 Å². The van der Waals surface area contributed by atoms with Crippen molar-refractivity contribution in [1.82, 2.24) is 5.32 Å². The van der Waals surface area contributed by atoms with Gasteiger partial charge >= 0.3 is 0 Å². The van der Waals surface area contributed by atoms with Gasteiger partial charge in [-0.2, -0.15) is 0 Å². The maximum Gasteiger partial charge on any atom is 0.225 e. The number of carbonyl (C=O) groups is 1. The van der Waals surface area contributed by atoms with Crippen LogP contribution in [0.2, 0.25) is 0 Å². The molecule has 4 heteroatoms. The molecule has 1 aliphatic carbocycles. The second-order valence-corrected chi connectivity index (χ2v) is 6.80. The van der Waals surface area contributed by atoms with Gasteiger partial charge in [-0.05, 0) is 25.2 Å². The molecule has 2 aliphatic heterocycles. The number of hydrogen-bond donors (Lipinski definition) is 2. The number of aliphatic hydroxyl groups is 1. The molecule has 0 aromatic carbocycles. The molecule has 3 rings (SSSR count). The molecule has 114 valence electrons. The Morgan fingerprint density at radius 3 is 2.60 bits per heavy atom. The fraction of sp³-hybridized carbons (Fsp3) is 0.938. The molecular formula is C16H27NO3. The van der Waals surface area contributed by atoms with Crippen LogP contribution in [0.4, 0.5) is 0 Å². The SMILES string of the molecule is O=C(NCC(CO)C1CCCCC1)[C@@H]1C[C@H]2CC[C@@H]1O2. The Morgan fingerprint density at radius 1 is 1.20 bits per heavy atom. The summed E-state index contributed by atoms with van der Waals surface area (Å²) in [6, 6.07) is 0. The highest BCUT2D eigenvalue weighted by atomic mass is 16.5. The molecule has 0 aromatic heterocycles. The predicted molar refractivity (Wildman–Crippen MR) is 76.2 cm³/mol. The van der Waals surface area contributed by atoms with Gasteiger partial charge in [0.2, 0.25) is 5.91 Å². The Balaban J connectivity index is 1.46. The van der Waals surface area contributed by atoms with E-state index in [2.05, 4.69) is 5.32 Å². The first kappa shape index (κ1) is 14.3. The molecule has 0 radical (unpaired) electrons. The van der Waals surface area contributed by atoms with Crippen LogP contribution in [0.15, 0.2) is 0 Å². The number of fused-ring (bicyclic) bond motifs is 2. The van der Waals surface area contributed by atoms with Crippen molar-refractivity contribution in [3.05, 3.63) is 0 Å². The first-order valence-corrected chi connectivity index (χ1v) is 8.32. The second-order valence-electron chi connectivity index (χ2n) is 6.80. The quantitative estimate of drug-likeness (QED) is 0.808. The molecule has 2 saturated heterocycles. The summed E-state index contributed by atoms with van der Waals surface area (Å²) in [5.74, 6) is 1.02. The average molecular weight is 281 g/mol. The van der Waals surface area contributed by atoms with Gasteiger partial charge in [-0.25, -0.2) is 0 Å². The van der Waals surface area contributed by atoms with Gasteiger partial charge in [0.15, 0.2) is 0 Å². The zero-order valence-electron chi connectivity index (χ0n) is 12.2. The minimum Gasteiger partial charge on any atom is -0.396 e. The minimum atomic E-state index is 0.0550. The predicted octanol–water partition coefficient (Wildman–Crippen LogP) is 1.86. The Bertz CT molecular complexity index is 341. The van der Waals surface area contributed by atoms with Crippen molar-refractivity contribution in [2.75, 3.05) is 13.2 Å². The lowest BCUT2D eigenvalue weighted by Crippen LogP contribution is -2.41. The van der Waals surface area contributed by atoms with Gasteiger partial charge in [0, 0.05) is 19.1 Å². The normalized spacial score (nSPS) is 35.1. The van der Waals surface area contributed by atoms with Crippen molar-refractivity contribution in [2.24, 2.45) is 17.8 Å². The van der Waals surface area contributed by atoms with Crippen molar-refractivity contribution in [3.8, 4) is 0 Å². The van der Waals surface area contributed by atoms with Crippen molar-refractivity contribution >= 4 is 5.91 Å². The molecule has 3 fully saturated rings. The van der Waals surface area contributed by atoms with Gasteiger partial charge in [0.1, 0.15) is 0 Å². The summed E-state index contributed by atoms with van der Waals surface area (Å²) in [6.45, 7) is 0.825. The molecule has 3 aliphatic rings. The number of rotatable bonds is 5. The number of aliphatic hydroxyl groups excluding tert-OH is 1. The van der Waals surface area contributed by atoms with Crippen LogP contribution in [0.1, 0.15) is 51.4 Å². The standard InChI is InChI=1S/C16H27NO3/c18-10-12(11-4-2-1-3-5-11)9-17-16(19)14-8-13-6-7-15(14)20-13/h11-15,18H,1-10H2,(H,17,19)/t12?,13-,14-,15+/m1/s1. The van der Waals surface area contributed by atoms with Crippen LogP contribution in [-0.4, -0.2) is 36.4 Å². The van der Waals surface area contributed by atoms with Crippen LogP contribution in [0, 0.1) is 17.8 Å². The second kappa shape index (κ2) is 6.44. The lowest BCUT2D eigenvalue weighted by molar-refractivity contribution is -0.126. The Labute approximate surface area is 121 Å². The third kappa shape index (κ3) is 3.01. The Morgan fingerprint density at radius 2 is 2.00 bits per heavy atom. The molecule has 2 heterocycles. The van der Waals surface area contributed by atoms with E-state index >= 15 is 0 Å². The molecule has 4 atom stereocenters. The molecule has 1 unspecified atom stereocenters. The van der Waals surface area contributed by atoms with Crippen LogP contribution >= 0.6 is 0 Å². The van der Waals surface area contributed by atoms with E-state index in [1.807, 2.05) is 0 Å². The van der Waals surface area contributed by atoms with Crippen molar-refractivity contribution in [3.63, 3.8) is 0 Å². The van der Waals surface area contributed by atoms with Crippen LogP contribution in [0.25, 0.3) is 0 Å². The molecule has 2 bridgehead atoms. The van der Waals surface area contributed by atoms with E-state index < -0.39 is 0 Å². The molecule has 0 aromatic rings. The molecule has 0 spiro atoms. The summed E-state index contributed by atoms with van der Waals surface area (Å²) in [6.07, 6.45) is 9.81. The van der Waals surface area contributed by atoms with Crippen LogP contribution < -0.4 is 5.32 Å². The highest BCUT2D eigenvalue weighted by Gasteiger charge is 2.44. The zero-order chi connectivity index (χ0) is 13.9. The fourth-order valence-electron chi connectivity index (χ4n) is 4.26. The Kier molecular flexibility index (Phi) is 4.61. The van der Waals surface area contributed by atoms with Crippen LogP contribution in [-0.2, 0) is 9.53 Å². The molecule has 2 N–H and O–H groups in total. The van der Waals surface area contributed by atoms with E-state index in [0.717, 1.165) is 19.3 Å². The lowest BCUT2D eigenvalue weighted by Gasteiger charge is -2.29. The summed E-state index contributed by atoms with van der Waals surface area (Å²) in [5.41, 5.74) is 0. The van der Waals surface area contributed by atoms with Gasteiger partial charge in [0.05, 0.1) is 18.1 Å². The molecule has 1 amide bonds. The average Bonchev–Trinajstić information content (AvgIpc) is 3.11. The van der Waals surface area contributed by atoms with Crippen LogP contribution in [0.5, 0.6) is 0 Å². The number of hydrogen-bond acceptors (Lipinski definition) is 3. The van der Waals surface area contributed by atoms with Gasteiger partial charge in [-0.15, -0.1) is 0 Å². The van der Waals surface area contributed by atoms with Gasteiger partial charge < -0.3 is 15.2 Å². The molecule has 20 heavy (non-hydrogen) atoms. The third-order valence-corrected chi connectivity index (χ3v) is 5.53. The monoisotopic (exact) mass is 281 g/mol. The third-order valence-electron chi connectivity index (χ3n) is 5.53. The first-order valence-electron chi connectivity index (χ1n) is 8.32. The van der Waals surface area contributed by atoms with Crippen molar-refractivity contribution in [2.45, 2.75) is 63.6 Å². The topological polar surface area (TPSA) is 58.6 Å². The summed E-state index contributed by atoms with van der Waals surface area (Å²) in [5, 5.41) is 12.7. The maximum atomic E-state index is 12.3. The van der Waals surface area contributed by atoms with E-state index in [-0.39, 0.29) is 30.5 Å². The van der Waals surface area contributed by atoms with E-state index in [9.17, 15) is 9.90 Å². The lowest BCUT2D eigenvalue weighted by atomic mass is 9.80. The molecule has 4 nitrogen and oxygen atoms in total. The zero-order valence-corrected chi connectivity index (χ0v) is 12.2. The highest BCUT2D eigenvalue weighted by Crippen LogP contribution is 2.38. The summed E-state index contributed by atoms with van der Waals surface area (Å²) in [4.78, 5) is 12.3. The van der Waals surface area contributed by atoms with Crippen molar-refractivity contribution in [1.29, 1.82) is 0 Å². The minimum absolute atomic E-state index is 0.0550. The number of ether oxygens (including phenoxy) is 1. The number of nitrogens with one attached hydrogen (secondary N) is 1. The molecular weight excluding hydrogens is 254 g/mol. The van der Waals surface area contributed by atoms with E-state index in [1.165, 1.54) is 32.1 Å². The fourth-order valence-corrected chi connectivity index (χ4v) is 4.26. The maximum absolute atomic E-state index is 12.3. The van der Waals surface area contributed by atoms with Gasteiger partial charge in [-0.3, -0.25) is 4.79 Å². The summed E-state index contributed by atoms with van der Waals surface area (Å²) >= 11 is 0. The largest absolute Gasteiger partial charge is 0.396 e. The number of carbonyl (C=O) groups excluding carboxylic acids is 1. The Hall–Kier alpha value is -0.610. The highest BCUT2D eigenvalue weighted by molar-refractivity contribution is 5.79. The smallest absolute Gasteiger partial charge is 0.225 e. The van der Waals surface area contributed by atoms with Crippen LogP contribution in [0.3, 0.4) is 0 Å².